The number of carbonyl (C=O) groups excluding carboxylic acids is 2. The van der Waals surface area contributed by atoms with Crippen molar-refractivity contribution in [2.24, 2.45) is 5.92 Å². The van der Waals surface area contributed by atoms with Crippen LogP contribution in [0.2, 0.25) is 0 Å². The number of rotatable bonds is 5. The molecule has 2 fully saturated rings. The van der Waals surface area contributed by atoms with Crippen LogP contribution >= 0.6 is 0 Å². The molecule has 0 spiro atoms. The molecule has 1 saturated heterocycles. The lowest BCUT2D eigenvalue weighted by molar-refractivity contribution is -0.136. The van der Waals surface area contributed by atoms with E-state index >= 15 is 0 Å². The fourth-order valence-corrected chi connectivity index (χ4v) is 3.63. The molecule has 1 aromatic carbocycles. The van der Waals surface area contributed by atoms with Gasteiger partial charge in [-0.15, -0.1) is 0 Å². The van der Waals surface area contributed by atoms with Crippen molar-refractivity contribution in [3.8, 4) is 0 Å². The summed E-state index contributed by atoms with van der Waals surface area (Å²) in [4.78, 5) is 26.2. The summed E-state index contributed by atoms with van der Waals surface area (Å²) in [5.41, 5.74) is 0.980. The quantitative estimate of drug-likeness (QED) is 0.877. The lowest BCUT2D eigenvalue weighted by Gasteiger charge is -2.31. The Balaban J connectivity index is 1.33. The number of benzene rings is 1. The first-order chi connectivity index (χ1) is 12.7. The highest BCUT2D eigenvalue weighted by molar-refractivity contribution is 5.76. The Hall–Kier alpha value is -2.08. The number of alkyl carbamates (subject to hydrolysis) is 1. The summed E-state index contributed by atoms with van der Waals surface area (Å²) in [6.07, 6.45) is 4.01. The molecular weight excluding hydrogens is 332 g/mol. The van der Waals surface area contributed by atoms with Gasteiger partial charge in [-0.2, -0.15) is 0 Å². The van der Waals surface area contributed by atoms with Crippen molar-refractivity contribution < 1.29 is 19.1 Å². The fourth-order valence-electron chi connectivity index (χ4n) is 3.63. The Morgan fingerprint density at radius 1 is 1.08 bits per heavy atom. The molecule has 2 aliphatic rings. The van der Waals surface area contributed by atoms with Crippen LogP contribution in [0.25, 0.3) is 0 Å². The van der Waals surface area contributed by atoms with Crippen LogP contribution in [-0.2, 0) is 20.9 Å². The summed E-state index contributed by atoms with van der Waals surface area (Å²) in [6, 6.07) is 9.80. The summed E-state index contributed by atoms with van der Waals surface area (Å²) >= 11 is 0. The van der Waals surface area contributed by atoms with Crippen molar-refractivity contribution >= 4 is 12.0 Å². The van der Waals surface area contributed by atoms with E-state index in [1.807, 2.05) is 35.2 Å². The fraction of sp³-hybridized carbons (Fsp3) is 0.600. The molecule has 0 radical (unpaired) electrons. The van der Waals surface area contributed by atoms with Gasteiger partial charge in [-0.1, -0.05) is 30.3 Å². The van der Waals surface area contributed by atoms with E-state index in [4.69, 9.17) is 9.47 Å². The molecular formula is C20H28N2O4. The first-order valence-corrected chi connectivity index (χ1v) is 9.53. The molecule has 6 heteroatoms. The minimum Gasteiger partial charge on any atom is -0.445 e. The Labute approximate surface area is 154 Å². The molecule has 0 aromatic heterocycles. The third-order valence-corrected chi connectivity index (χ3v) is 5.21. The summed E-state index contributed by atoms with van der Waals surface area (Å²) in [7, 11) is 0. The monoisotopic (exact) mass is 360 g/mol. The normalized spacial score (nSPS) is 23.3. The predicted octanol–water partition coefficient (Wildman–Crippen LogP) is 2.72. The Kier molecular flexibility index (Phi) is 6.89. The number of morpholine rings is 1. The summed E-state index contributed by atoms with van der Waals surface area (Å²) in [5.74, 6) is 0.663. The molecule has 1 aliphatic carbocycles. The van der Waals surface area contributed by atoms with Gasteiger partial charge in [-0.05, 0) is 37.2 Å². The van der Waals surface area contributed by atoms with Gasteiger partial charge in [0.15, 0.2) is 0 Å². The van der Waals surface area contributed by atoms with Crippen molar-refractivity contribution in [1.29, 1.82) is 0 Å². The summed E-state index contributed by atoms with van der Waals surface area (Å²) in [6.45, 7) is 3.00. The number of hydrogen-bond donors (Lipinski definition) is 1. The van der Waals surface area contributed by atoms with Crippen LogP contribution in [0.15, 0.2) is 30.3 Å². The highest BCUT2D eigenvalue weighted by Gasteiger charge is 2.26. The highest BCUT2D eigenvalue weighted by atomic mass is 16.5. The van der Waals surface area contributed by atoms with Gasteiger partial charge in [-0.25, -0.2) is 4.79 Å². The molecule has 26 heavy (non-hydrogen) atoms. The molecule has 2 amide bonds. The van der Waals surface area contributed by atoms with E-state index in [-0.39, 0.29) is 24.6 Å². The lowest BCUT2D eigenvalue weighted by atomic mass is 9.84. The van der Waals surface area contributed by atoms with Crippen molar-refractivity contribution in [2.75, 3.05) is 26.3 Å². The number of nitrogens with zero attached hydrogens (tertiary/aromatic N) is 1. The molecule has 1 heterocycles. The first-order valence-electron chi connectivity index (χ1n) is 9.53. The second kappa shape index (κ2) is 9.57. The summed E-state index contributed by atoms with van der Waals surface area (Å²) in [5, 5.41) is 2.95. The molecule has 1 N–H and O–H groups in total. The minimum atomic E-state index is -0.360. The van der Waals surface area contributed by atoms with E-state index in [1.165, 1.54) is 0 Å². The van der Waals surface area contributed by atoms with E-state index in [2.05, 4.69) is 5.32 Å². The van der Waals surface area contributed by atoms with E-state index in [9.17, 15) is 9.59 Å². The van der Waals surface area contributed by atoms with Crippen molar-refractivity contribution in [1.82, 2.24) is 10.2 Å². The zero-order chi connectivity index (χ0) is 18.2. The van der Waals surface area contributed by atoms with E-state index in [0.717, 1.165) is 31.2 Å². The topological polar surface area (TPSA) is 67.9 Å². The Morgan fingerprint density at radius 3 is 2.46 bits per heavy atom. The Morgan fingerprint density at radius 2 is 1.77 bits per heavy atom. The molecule has 0 unspecified atom stereocenters. The third kappa shape index (κ3) is 5.73. The third-order valence-electron chi connectivity index (χ3n) is 5.21. The average Bonchev–Trinajstić information content (AvgIpc) is 2.69. The van der Waals surface area contributed by atoms with Crippen molar-refractivity contribution in [3.63, 3.8) is 0 Å². The predicted molar refractivity (Wildman–Crippen MR) is 97.5 cm³/mol. The first kappa shape index (κ1) is 18.7. The molecule has 0 atom stereocenters. The number of nitrogens with one attached hydrogen (secondary N) is 1. The maximum atomic E-state index is 12.3. The minimum absolute atomic E-state index is 0.146. The van der Waals surface area contributed by atoms with Crippen molar-refractivity contribution in [3.05, 3.63) is 35.9 Å². The van der Waals surface area contributed by atoms with Crippen LogP contribution in [0.5, 0.6) is 0 Å². The Bertz CT molecular complexity index is 579. The van der Waals surface area contributed by atoms with Gasteiger partial charge in [0, 0.05) is 25.6 Å². The lowest BCUT2D eigenvalue weighted by Crippen LogP contribution is -2.42. The molecule has 1 aromatic rings. The van der Waals surface area contributed by atoms with Gasteiger partial charge < -0.3 is 19.7 Å². The maximum Gasteiger partial charge on any atom is 0.407 e. The number of amides is 2. The van der Waals surface area contributed by atoms with E-state index in [0.29, 0.717) is 38.6 Å². The summed E-state index contributed by atoms with van der Waals surface area (Å²) < 4.78 is 10.6. The van der Waals surface area contributed by atoms with Gasteiger partial charge >= 0.3 is 6.09 Å². The van der Waals surface area contributed by atoms with Crippen LogP contribution in [0.3, 0.4) is 0 Å². The van der Waals surface area contributed by atoms with Gasteiger partial charge in [0.05, 0.1) is 13.2 Å². The second-order valence-electron chi connectivity index (χ2n) is 7.12. The second-order valence-corrected chi connectivity index (χ2v) is 7.12. The zero-order valence-electron chi connectivity index (χ0n) is 15.2. The van der Waals surface area contributed by atoms with Gasteiger partial charge in [0.2, 0.25) is 5.91 Å². The molecule has 1 saturated carbocycles. The van der Waals surface area contributed by atoms with E-state index in [1.54, 1.807) is 0 Å². The zero-order valence-corrected chi connectivity index (χ0v) is 15.2. The molecule has 3 rings (SSSR count). The van der Waals surface area contributed by atoms with Gasteiger partial charge in [0.1, 0.15) is 6.61 Å². The highest BCUT2D eigenvalue weighted by Crippen LogP contribution is 2.27. The van der Waals surface area contributed by atoms with Crippen LogP contribution in [-0.4, -0.2) is 49.2 Å². The maximum absolute atomic E-state index is 12.3. The largest absolute Gasteiger partial charge is 0.445 e. The number of carbonyl (C=O) groups is 2. The standard InChI is InChI=1S/C20H28N2O4/c23-19(22-10-12-25-13-11-22)14-16-6-8-18(9-7-16)21-20(24)26-15-17-4-2-1-3-5-17/h1-5,16,18H,6-15H2,(H,21,24). The molecule has 6 nitrogen and oxygen atoms in total. The van der Waals surface area contributed by atoms with Gasteiger partial charge in [-0.3, -0.25) is 4.79 Å². The van der Waals surface area contributed by atoms with Gasteiger partial charge in [0.25, 0.3) is 0 Å². The van der Waals surface area contributed by atoms with Crippen LogP contribution < -0.4 is 5.32 Å². The smallest absolute Gasteiger partial charge is 0.407 e. The SMILES string of the molecule is O=C(NC1CCC(CC(=O)N2CCOCC2)CC1)OCc1ccccc1. The average molecular weight is 360 g/mol. The van der Waals surface area contributed by atoms with E-state index < -0.39 is 0 Å². The molecule has 0 bridgehead atoms. The van der Waals surface area contributed by atoms with Crippen molar-refractivity contribution in [2.45, 2.75) is 44.8 Å². The molecule has 1 aliphatic heterocycles. The number of ether oxygens (including phenoxy) is 2. The van der Waals surface area contributed by atoms with Crippen LogP contribution in [0, 0.1) is 5.92 Å². The number of hydrogen-bond acceptors (Lipinski definition) is 4. The molecule has 142 valence electrons. The van der Waals surface area contributed by atoms with Crippen LogP contribution in [0.4, 0.5) is 4.79 Å². The van der Waals surface area contributed by atoms with Crippen LogP contribution in [0.1, 0.15) is 37.7 Å².